The largest absolute Gasteiger partial charge is 0.493 e. The molecule has 0 bridgehead atoms. The number of rotatable bonds is 4. The van der Waals surface area contributed by atoms with Crippen LogP contribution in [0.2, 0.25) is 0 Å². The van der Waals surface area contributed by atoms with Crippen LogP contribution in [0, 0.1) is 6.92 Å². The molecule has 0 unspecified atom stereocenters. The van der Waals surface area contributed by atoms with E-state index in [2.05, 4.69) is 42.2 Å². The Hall–Kier alpha value is -2.35. The Kier molecular flexibility index (Phi) is 3.64. The van der Waals surface area contributed by atoms with Crippen LogP contribution in [0.1, 0.15) is 11.1 Å². The summed E-state index contributed by atoms with van der Waals surface area (Å²) in [7, 11) is 0. The highest BCUT2D eigenvalue weighted by Gasteiger charge is 2.00. The monoisotopic (exact) mass is 263 g/mol. The maximum absolute atomic E-state index is 5.85. The van der Waals surface area contributed by atoms with Gasteiger partial charge < -0.3 is 4.74 Å². The van der Waals surface area contributed by atoms with E-state index in [4.69, 9.17) is 4.74 Å². The van der Waals surface area contributed by atoms with Gasteiger partial charge >= 0.3 is 0 Å². The molecule has 1 aromatic heterocycles. The average Bonchev–Trinajstić information content (AvgIpc) is 2.49. The van der Waals surface area contributed by atoms with E-state index < -0.39 is 0 Å². The lowest BCUT2D eigenvalue weighted by molar-refractivity contribution is 0.322. The molecule has 0 spiro atoms. The number of hydrogen-bond donors (Lipinski definition) is 0. The van der Waals surface area contributed by atoms with Crippen LogP contribution < -0.4 is 4.74 Å². The van der Waals surface area contributed by atoms with Crippen molar-refractivity contribution in [1.82, 2.24) is 4.98 Å². The average molecular weight is 263 g/mol. The van der Waals surface area contributed by atoms with Crippen LogP contribution in [0.5, 0.6) is 5.75 Å². The minimum absolute atomic E-state index is 0.691. The minimum atomic E-state index is 0.691. The molecule has 0 N–H and O–H groups in total. The molecule has 0 aliphatic carbocycles. The van der Waals surface area contributed by atoms with E-state index in [1.165, 1.54) is 11.1 Å². The second-order valence-corrected chi connectivity index (χ2v) is 4.88. The first kappa shape index (κ1) is 12.7. The number of benzene rings is 2. The molecular weight excluding hydrogens is 246 g/mol. The molecule has 100 valence electrons. The van der Waals surface area contributed by atoms with Gasteiger partial charge in [0.1, 0.15) is 5.75 Å². The van der Waals surface area contributed by atoms with Gasteiger partial charge in [0.05, 0.1) is 12.1 Å². The molecule has 1 heterocycles. The Morgan fingerprint density at radius 2 is 1.90 bits per heavy atom. The number of fused-ring (bicyclic) bond motifs is 1. The maximum atomic E-state index is 5.85. The number of nitrogens with zero attached hydrogens (tertiary/aromatic N) is 1. The second kappa shape index (κ2) is 5.74. The summed E-state index contributed by atoms with van der Waals surface area (Å²) in [6.45, 7) is 2.83. The van der Waals surface area contributed by atoms with Crippen molar-refractivity contribution < 1.29 is 4.74 Å². The van der Waals surface area contributed by atoms with E-state index in [-0.39, 0.29) is 0 Å². The molecule has 0 saturated heterocycles. The van der Waals surface area contributed by atoms with Gasteiger partial charge in [-0.3, -0.25) is 4.98 Å². The fourth-order valence-electron chi connectivity index (χ4n) is 2.31. The lowest BCUT2D eigenvalue weighted by atomic mass is 10.1. The maximum Gasteiger partial charge on any atom is 0.120 e. The zero-order chi connectivity index (χ0) is 13.8. The molecule has 0 saturated carbocycles. The molecular formula is C18H17NO. The van der Waals surface area contributed by atoms with Gasteiger partial charge in [0, 0.05) is 18.0 Å². The highest BCUT2D eigenvalue weighted by Crippen LogP contribution is 2.19. The number of aromatic nitrogens is 1. The van der Waals surface area contributed by atoms with Gasteiger partial charge in [0.15, 0.2) is 0 Å². The Balaban J connectivity index is 1.67. The fraction of sp³-hybridized carbons (Fsp3) is 0.167. The highest BCUT2D eigenvalue weighted by atomic mass is 16.5. The molecule has 0 fully saturated rings. The van der Waals surface area contributed by atoms with Gasteiger partial charge in [-0.2, -0.15) is 0 Å². The molecule has 3 aromatic rings. The van der Waals surface area contributed by atoms with Gasteiger partial charge in [-0.15, -0.1) is 0 Å². The number of pyridine rings is 1. The summed E-state index contributed by atoms with van der Waals surface area (Å²) < 4.78 is 5.85. The summed E-state index contributed by atoms with van der Waals surface area (Å²) in [5, 5.41) is 1.11. The molecule has 0 aliphatic rings. The Labute approximate surface area is 119 Å². The number of ether oxygens (including phenoxy) is 1. The van der Waals surface area contributed by atoms with Gasteiger partial charge in [-0.25, -0.2) is 0 Å². The third kappa shape index (κ3) is 2.80. The predicted octanol–water partition coefficient (Wildman–Crippen LogP) is 4.16. The SMILES string of the molecule is Cc1ccccc1CCOc1ccc2ncccc2c1. The molecule has 0 atom stereocenters. The summed E-state index contributed by atoms with van der Waals surface area (Å²) in [6.07, 6.45) is 2.73. The van der Waals surface area contributed by atoms with E-state index in [9.17, 15) is 0 Å². The van der Waals surface area contributed by atoms with E-state index in [1.807, 2.05) is 24.3 Å². The van der Waals surface area contributed by atoms with Crippen molar-refractivity contribution in [1.29, 1.82) is 0 Å². The van der Waals surface area contributed by atoms with Crippen molar-refractivity contribution in [2.24, 2.45) is 0 Å². The van der Waals surface area contributed by atoms with E-state index in [0.717, 1.165) is 23.1 Å². The fourth-order valence-corrected chi connectivity index (χ4v) is 2.31. The topological polar surface area (TPSA) is 22.1 Å². The quantitative estimate of drug-likeness (QED) is 0.705. The molecule has 2 aromatic carbocycles. The molecule has 3 rings (SSSR count). The van der Waals surface area contributed by atoms with Crippen LogP contribution in [0.4, 0.5) is 0 Å². The van der Waals surface area contributed by atoms with E-state index in [0.29, 0.717) is 6.61 Å². The number of hydrogen-bond acceptors (Lipinski definition) is 2. The molecule has 0 aliphatic heterocycles. The molecule has 0 amide bonds. The molecule has 2 nitrogen and oxygen atoms in total. The first-order chi connectivity index (χ1) is 9.83. The summed E-state index contributed by atoms with van der Waals surface area (Å²) in [6, 6.07) is 18.4. The zero-order valence-corrected chi connectivity index (χ0v) is 11.5. The predicted molar refractivity (Wildman–Crippen MR) is 82.1 cm³/mol. The van der Waals surface area contributed by atoms with Gasteiger partial charge in [-0.1, -0.05) is 30.3 Å². The normalized spacial score (nSPS) is 10.7. The first-order valence-electron chi connectivity index (χ1n) is 6.85. The third-order valence-electron chi connectivity index (χ3n) is 3.48. The lowest BCUT2D eigenvalue weighted by Crippen LogP contribution is -2.02. The van der Waals surface area contributed by atoms with Crippen molar-refractivity contribution >= 4 is 10.9 Å². The van der Waals surface area contributed by atoms with Gasteiger partial charge in [0.2, 0.25) is 0 Å². The zero-order valence-electron chi connectivity index (χ0n) is 11.5. The van der Waals surface area contributed by atoms with Crippen molar-refractivity contribution in [2.75, 3.05) is 6.61 Å². The lowest BCUT2D eigenvalue weighted by Gasteiger charge is -2.08. The van der Waals surface area contributed by atoms with E-state index in [1.54, 1.807) is 6.20 Å². The first-order valence-corrected chi connectivity index (χ1v) is 6.85. The van der Waals surface area contributed by atoms with Crippen LogP contribution in [0.3, 0.4) is 0 Å². The number of aryl methyl sites for hydroxylation is 1. The third-order valence-corrected chi connectivity index (χ3v) is 3.48. The van der Waals surface area contributed by atoms with Crippen LogP contribution >= 0.6 is 0 Å². The standard InChI is InChI=1S/C18H17NO/c1-14-5-2-3-6-15(14)10-12-20-17-8-9-18-16(13-17)7-4-11-19-18/h2-9,11,13H,10,12H2,1H3. The van der Waals surface area contributed by atoms with Crippen molar-refractivity contribution in [3.63, 3.8) is 0 Å². The smallest absolute Gasteiger partial charge is 0.120 e. The van der Waals surface area contributed by atoms with Crippen LogP contribution in [-0.4, -0.2) is 11.6 Å². The second-order valence-electron chi connectivity index (χ2n) is 4.88. The summed E-state index contributed by atoms with van der Waals surface area (Å²) >= 11 is 0. The van der Waals surface area contributed by atoms with Crippen molar-refractivity contribution in [3.8, 4) is 5.75 Å². The van der Waals surface area contributed by atoms with Gasteiger partial charge in [-0.05, 0) is 42.3 Å². The Morgan fingerprint density at radius 1 is 1.00 bits per heavy atom. The molecule has 20 heavy (non-hydrogen) atoms. The van der Waals surface area contributed by atoms with Crippen LogP contribution in [0.15, 0.2) is 60.8 Å². The van der Waals surface area contributed by atoms with Crippen molar-refractivity contribution in [3.05, 3.63) is 71.9 Å². The van der Waals surface area contributed by atoms with Crippen LogP contribution in [-0.2, 0) is 6.42 Å². The molecule has 2 heteroatoms. The van der Waals surface area contributed by atoms with Gasteiger partial charge in [0.25, 0.3) is 0 Å². The summed E-state index contributed by atoms with van der Waals surface area (Å²) in [5.41, 5.74) is 3.66. The van der Waals surface area contributed by atoms with E-state index >= 15 is 0 Å². The molecule has 0 radical (unpaired) electrons. The Bertz CT molecular complexity index is 721. The Morgan fingerprint density at radius 3 is 2.80 bits per heavy atom. The summed E-state index contributed by atoms with van der Waals surface area (Å²) in [5.74, 6) is 0.902. The van der Waals surface area contributed by atoms with Crippen LogP contribution in [0.25, 0.3) is 10.9 Å². The van der Waals surface area contributed by atoms with Crippen molar-refractivity contribution in [2.45, 2.75) is 13.3 Å². The summed E-state index contributed by atoms with van der Waals surface area (Å²) in [4.78, 5) is 4.31. The minimum Gasteiger partial charge on any atom is -0.493 e. The highest BCUT2D eigenvalue weighted by molar-refractivity contribution is 5.79.